The fourth-order valence-corrected chi connectivity index (χ4v) is 1.38. The summed E-state index contributed by atoms with van der Waals surface area (Å²) in [7, 11) is 0. The molecule has 0 aromatic heterocycles. The van der Waals surface area contributed by atoms with E-state index in [9.17, 15) is 0 Å². The summed E-state index contributed by atoms with van der Waals surface area (Å²) in [6, 6.07) is 8.27. The van der Waals surface area contributed by atoms with Gasteiger partial charge >= 0.3 is 0 Å². The van der Waals surface area contributed by atoms with E-state index in [-0.39, 0.29) is 14.1 Å². The highest BCUT2D eigenvalue weighted by atomic mass is 32.1. The molecule has 0 saturated carbocycles. The van der Waals surface area contributed by atoms with Crippen LogP contribution in [0, 0.1) is 5.92 Å². The van der Waals surface area contributed by atoms with E-state index in [4.69, 9.17) is 0 Å². The Balaban J connectivity index is -0.000000403. The van der Waals surface area contributed by atoms with Crippen LogP contribution in [-0.4, -0.2) is 0 Å². The molecule has 1 rings (SSSR count). The molecule has 0 saturated heterocycles. The first-order valence-electron chi connectivity index (χ1n) is 3.97. The first-order chi connectivity index (χ1) is 5.20. The van der Waals surface area contributed by atoms with Crippen molar-refractivity contribution < 1.29 is 14.1 Å². The highest BCUT2D eigenvalue weighted by Crippen LogP contribution is 2.16. The first-order valence-corrected chi connectivity index (χ1v) is 4.41. The maximum atomic E-state index is 4.37. The van der Waals surface area contributed by atoms with Crippen LogP contribution < -0.4 is 0 Å². The van der Waals surface area contributed by atoms with Crippen molar-refractivity contribution in [2.45, 2.75) is 25.2 Å². The Morgan fingerprint density at radius 1 is 1.07 bits per heavy atom. The van der Waals surface area contributed by atoms with Crippen LogP contribution in [0.5, 0.6) is 0 Å². The van der Waals surface area contributed by atoms with Crippen molar-refractivity contribution >= 4 is 12.6 Å². The molecule has 84 valence electrons. The number of thiol groups is 1. The molecule has 0 unspecified atom stereocenters. The molecule has 1 aromatic carbocycles. The van der Waals surface area contributed by atoms with E-state index >= 15 is 0 Å². The zero-order valence-electron chi connectivity index (χ0n) is 8.27. The number of hydrogen-bond acceptors (Lipinski definition) is 1. The van der Waals surface area contributed by atoms with Crippen molar-refractivity contribution in [2.24, 2.45) is 5.92 Å². The fourth-order valence-electron chi connectivity index (χ4n) is 1.12. The first kappa shape index (κ1) is 19.0. The lowest BCUT2D eigenvalue weighted by molar-refractivity contribution is 0.641. The molecule has 0 aliphatic heterocycles. The predicted octanol–water partition coefficient (Wildman–Crippen LogP) is 3.63. The molecule has 0 radical (unpaired) electrons. The smallest absolute Gasteiger partial charge is 0.00721 e. The molecule has 0 heterocycles. The third-order valence-electron chi connectivity index (χ3n) is 1.62. The zero-order chi connectivity index (χ0) is 8.27. The number of benzene rings is 1. The molecule has 0 nitrogen and oxygen atoms in total. The molecule has 0 N–H and O–H groups in total. The van der Waals surface area contributed by atoms with Crippen molar-refractivity contribution in [3.8, 4) is 0 Å². The second kappa shape index (κ2) is 8.94. The monoisotopic (exact) mass is 226 g/mol. The number of hydrogen-bond donors (Lipinski definition) is 1. The predicted molar refractivity (Wildman–Crippen MR) is 59.7 cm³/mol. The van der Waals surface area contributed by atoms with E-state index in [0.29, 0.717) is 5.92 Å². The molecule has 1 aromatic rings. The van der Waals surface area contributed by atoms with Gasteiger partial charge in [-0.3, -0.25) is 14.1 Å². The molecule has 0 spiro atoms. The molecule has 0 aliphatic carbocycles. The minimum absolute atomic E-state index is 0. The Kier molecular flexibility index (Phi) is 12.1. The Morgan fingerprint density at radius 2 is 1.57 bits per heavy atom. The third-order valence-corrected chi connectivity index (χ3v) is 2.06. The van der Waals surface area contributed by atoms with Crippen molar-refractivity contribution in [2.75, 3.05) is 0 Å². The van der Waals surface area contributed by atoms with E-state index in [1.807, 2.05) is 12.1 Å². The Hall–Kier alpha value is -0.640. The summed E-state index contributed by atoms with van der Waals surface area (Å²) in [6.45, 7) is 4.44. The quantitative estimate of drug-likeness (QED) is 0.731. The summed E-state index contributed by atoms with van der Waals surface area (Å²) in [4.78, 5) is 1.11. The Bertz CT molecular complexity index is 239. The van der Waals surface area contributed by atoms with Gasteiger partial charge in [0.2, 0.25) is 0 Å². The van der Waals surface area contributed by atoms with Crippen LogP contribution in [0.3, 0.4) is 0 Å². The van der Waals surface area contributed by atoms with Gasteiger partial charge in [0.1, 0.15) is 0 Å². The number of rotatable bonds is 2. The maximum Gasteiger partial charge on any atom is 0.00721 e. The Labute approximate surface area is 88.2 Å². The maximum absolute atomic E-state index is 4.37. The van der Waals surface area contributed by atoms with Gasteiger partial charge in [-0.15, -0.1) is 12.6 Å². The van der Waals surface area contributed by atoms with Gasteiger partial charge in [0.05, 0.1) is 0 Å². The van der Waals surface area contributed by atoms with Crippen LogP contribution >= 0.6 is 12.6 Å². The van der Waals surface area contributed by atoms with Crippen LogP contribution in [0.15, 0.2) is 29.2 Å². The van der Waals surface area contributed by atoms with Gasteiger partial charge in [-0.2, -0.15) is 0 Å². The van der Waals surface area contributed by atoms with E-state index in [1.165, 1.54) is 5.56 Å². The summed E-state index contributed by atoms with van der Waals surface area (Å²) < 4.78 is 0. The van der Waals surface area contributed by atoms with E-state index < -0.39 is 0 Å². The SMILES string of the molecule is CC(C)Cc1ccccc1S.F.F.F. The lowest BCUT2D eigenvalue weighted by Gasteiger charge is -2.06. The molecule has 0 atom stereocenters. The second-order valence-electron chi connectivity index (χ2n) is 3.23. The van der Waals surface area contributed by atoms with Gasteiger partial charge < -0.3 is 0 Å². The summed E-state index contributed by atoms with van der Waals surface area (Å²) in [5, 5.41) is 0. The van der Waals surface area contributed by atoms with E-state index in [2.05, 4.69) is 38.6 Å². The molecule has 0 bridgehead atoms. The molecular weight excluding hydrogens is 209 g/mol. The highest BCUT2D eigenvalue weighted by molar-refractivity contribution is 7.80. The minimum Gasteiger partial charge on any atom is -0.269 e. The average Bonchev–Trinajstić information content (AvgIpc) is 1.93. The lowest BCUT2D eigenvalue weighted by Crippen LogP contribution is -1.94. The highest BCUT2D eigenvalue weighted by Gasteiger charge is 1.99. The van der Waals surface area contributed by atoms with Crippen molar-refractivity contribution in [1.29, 1.82) is 0 Å². The molecule has 0 aliphatic rings. The fraction of sp³-hybridized carbons (Fsp3) is 0.400. The standard InChI is InChI=1S/C10H14S.3FH/c1-8(2)7-9-5-3-4-6-10(9)11;;;/h3-6,8,11H,7H2,1-2H3;3*1H. The number of halogens is 3. The molecule has 0 fully saturated rings. The van der Waals surface area contributed by atoms with Crippen LogP contribution in [0.1, 0.15) is 19.4 Å². The molecule has 0 amide bonds. The molecule has 4 heteroatoms. The van der Waals surface area contributed by atoms with Crippen molar-refractivity contribution in [1.82, 2.24) is 0 Å². The summed E-state index contributed by atoms with van der Waals surface area (Å²) >= 11 is 4.37. The van der Waals surface area contributed by atoms with Crippen LogP contribution in [-0.2, 0) is 6.42 Å². The van der Waals surface area contributed by atoms with Gasteiger partial charge in [-0.05, 0) is 24.0 Å². The minimum atomic E-state index is 0. The van der Waals surface area contributed by atoms with Gasteiger partial charge in [0, 0.05) is 4.90 Å². The normalized spacial score (nSPS) is 8.29. The van der Waals surface area contributed by atoms with E-state index in [0.717, 1.165) is 11.3 Å². The summed E-state index contributed by atoms with van der Waals surface area (Å²) in [5.74, 6) is 0.711. The van der Waals surface area contributed by atoms with Gasteiger partial charge in [-0.1, -0.05) is 32.0 Å². The summed E-state index contributed by atoms with van der Waals surface area (Å²) in [5.41, 5.74) is 1.35. The second-order valence-corrected chi connectivity index (χ2v) is 3.71. The Morgan fingerprint density at radius 3 is 2.00 bits per heavy atom. The third kappa shape index (κ3) is 5.91. The summed E-state index contributed by atoms with van der Waals surface area (Å²) in [6.07, 6.45) is 1.12. The lowest BCUT2D eigenvalue weighted by atomic mass is 10.0. The van der Waals surface area contributed by atoms with Gasteiger partial charge in [0.15, 0.2) is 0 Å². The van der Waals surface area contributed by atoms with Crippen LogP contribution in [0.4, 0.5) is 14.1 Å². The van der Waals surface area contributed by atoms with Crippen molar-refractivity contribution in [3.05, 3.63) is 29.8 Å². The molecular formula is C10H17F3S. The molecule has 14 heavy (non-hydrogen) atoms. The van der Waals surface area contributed by atoms with Gasteiger partial charge in [0.25, 0.3) is 0 Å². The average molecular weight is 226 g/mol. The van der Waals surface area contributed by atoms with Gasteiger partial charge in [-0.25, -0.2) is 0 Å². The topological polar surface area (TPSA) is 0 Å². The van der Waals surface area contributed by atoms with Crippen molar-refractivity contribution in [3.63, 3.8) is 0 Å². The van der Waals surface area contributed by atoms with Crippen LogP contribution in [0.2, 0.25) is 0 Å². The van der Waals surface area contributed by atoms with E-state index in [1.54, 1.807) is 0 Å². The largest absolute Gasteiger partial charge is 0.269 e. The van der Waals surface area contributed by atoms with Crippen LogP contribution in [0.25, 0.3) is 0 Å². The zero-order valence-corrected chi connectivity index (χ0v) is 9.16.